The Balaban J connectivity index is 2.55. The summed E-state index contributed by atoms with van der Waals surface area (Å²) in [6.07, 6.45) is -1.09. The molecule has 0 saturated carbocycles. The Kier molecular flexibility index (Phi) is 3.39. The monoisotopic (exact) mass is 221 g/mol. The molecular formula is C9H10F3NO2. The molecule has 0 radical (unpaired) electrons. The third kappa shape index (κ3) is 3.65. The van der Waals surface area contributed by atoms with Crippen molar-refractivity contribution in [3.05, 3.63) is 23.9 Å². The van der Waals surface area contributed by atoms with Gasteiger partial charge in [0.2, 0.25) is 0 Å². The molecule has 0 atom stereocenters. The summed E-state index contributed by atoms with van der Waals surface area (Å²) in [6.45, 7) is 0.285. The van der Waals surface area contributed by atoms with E-state index in [9.17, 15) is 18.0 Å². The first kappa shape index (κ1) is 11.6. The van der Waals surface area contributed by atoms with Crippen LogP contribution in [0.1, 0.15) is 6.42 Å². The van der Waals surface area contributed by atoms with E-state index in [2.05, 4.69) is 0 Å². The highest BCUT2D eigenvalue weighted by Crippen LogP contribution is 2.29. The van der Waals surface area contributed by atoms with E-state index >= 15 is 0 Å². The Labute approximate surface area is 84.5 Å². The van der Waals surface area contributed by atoms with Crippen LogP contribution >= 0.6 is 0 Å². The molecule has 0 bridgehead atoms. The number of alkyl halides is 3. The van der Waals surface area contributed by atoms with Crippen molar-refractivity contribution in [1.82, 2.24) is 4.90 Å². The third-order valence-corrected chi connectivity index (χ3v) is 2.03. The van der Waals surface area contributed by atoms with Gasteiger partial charge in [0, 0.05) is 30.9 Å². The lowest BCUT2D eigenvalue weighted by molar-refractivity contribution is -0.131. The zero-order valence-corrected chi connectivity index (χ0v) is 7.79. The number of carboxylic acid groups (broad SMARTS) is 1. The Morgan fingerprint density at radius 3 is 2.60 bits per heavy atom. The van der Waals surface area contributed by atoms with Crippen LogP contribution in [0.3, 0.4) is 0 Å². The van der Waals surface area contributed by atoms with E-state index in [1.807, 2.05) is 0 Å². The number of hydrogen-bond donors (Lipinski definition) is 1. The molecule has 0 aromatic carbocycles. The van der Waals surface area contributed by atoms with Crippen LogP contribution in [0.15, 0.2) is 23.9 Å². The maximum Gasteiger partial charge on any atom is 0.412 e. The molecule has 1 aliphatic rings. The number of aliphatic carboxylic acids is 1. The zero-order chi connectivity index (χ0) is 11.5. The predicted molar refractivity (Wildman–Crippen MR) is 47.1 cm³/mol. The molecule has 1 aliphatic heterocycles. The Bertz CT molecular complexity index is 307. The molecular weight excluding hydrogens is 211 g/mol. The van der Waals surface area contributed by atoms with E-state index in [0.29, 0.717) is 0 Å². The summed E-state index contributed by atoms with van der Waals surface area (Å²) in [5, 5.41) is 8.32. The Morgan fingerprint density at radius 2 is 2.20 bits per heavy atom. The van der Waals surface area contributed by atoms with Crippen molar-refractivity contribution in [1.29, 1.82) is 0 Å². The fraction of sp³-hybridized carbons (Fsp3) is 0.444. The van der Waals surface area contributed by atoms with Crippen LogP contribution in [-0.2, 0) is 4.79 Å². The first-order chi connectivity index (χ1) is 6.89. The molecule has 0 aromatic rings. The van der Waals surface area contributed by atoms with E-state index in [-0.39, 0.29) is 19.5 Å². The van der Waals surface area contributed by atoms with Crippen molar-refractivity contribution < 1.29 is 23.1 Å². The normalized spacial score (nSPS) is 18.1. The Hall–Kier alpha value is -1.46. The number of rotatable bonds is 2. The van der Waals surface area contributed by atoms with Gasteiger partial charge in [-0.2, -0.15) is 13.2 Å². The molecule has 1 rings (SSSR count). The minimum absolute atomic E-state index is 0.0959. The second-order valence-corrected chi connectivity index (χ2v) is 3.13. The molecule has 1 heterocycles. The summed E-state index contributed by atoms with van der Waals surface area (Å²) in [4.78, 5) is 11.7. The number of halogens is 3. The van der Waals surface area contributed by atoms with Crippen LogP contribution in [0.4, 0.5) is 13.2 Å². The van der Waals surface area contributed by atoms with Gasteiger partial charge < -0.3 is 10.0 Å². The van der Waals surface area contributed by atoms with Gasteiger partial charge in [-0.1, -0.05) is 6.08 Å². The molecule has 6 heteroatoms. The lowest BCUT2D eigenvalue weighted by Crippen LogP contribution is -2.28. The summed E-state index contributed by atoms with van der Waals surface area (Å²) in [5.41, 5.74) is -0.539. The summed E-state index contributed by atoms with van der Waals surface area (Å²) in [7, 11) is 0. The lowest BCUT2D eigenvalue weighted by atomic mass is 10.1. The fourth-order valence-corrected chi connectivity index (χ4v) is 1.25. The second kappa shape index (κ2) is 4.37. The van der Waals surface area contributed by atoms with Crippen molar-refractivity contribution in [3.8, 4) is 0 Å². The largest absolute Gasteiger partial charge is 0.478 e. The molecule has 1 N–H and O–H groups in total. The first-order valence-corrected chi connectivity index (χ1v) is 4.31. The summed E-state index contributed by atoms with van der Waals surface area (Å²) in [6, 6.07) is 0. The van der Waals surface area contributed by atoms with Crippen molar-refractivity contribution >= 4 is 5.97 Å². The van der Waals surface area contributed by atoms with Crippen LogP contribution in [0.5, 0.6) is 0 Å². The van der Waals surface area contributed by atoms with Gasteiger partial charge >= 0.3 is 12.1 Å². The third-order valence-electron chi connectivity index (χ3n) is 2.03. The molecule has 0 fully saturated rings. The summed E-state index contributed by atoms with van der Waals surface area (Å²) >= 11 is 0. The fourth-order valence-electron chi connectivity index (χ4n) is 1.25. The van der Waals surface area contributed by atoms with Crippen LogP contribution in [0, 0.1) is 0 Å². The lowest BCUT2D eigenvalue weighted by Gasteiger charge is -2.25. The predicted octanol–water partition coefficient (Wildman–Crippen LogP) is 1.78. The minimum Gasteiger partial charge on any atom is -0.478 e. The van der Waals surface area contributed by atoms with Gasteiger partial charge in [-0.15, -0.1) is 0 Å². The maximum absolute atomic E-state index is 12.2. The van der Waals surface area contributed by atoms with Gasteiger partial charge in [-0.05, 0) is 6.42 Å². The molecule has 0 amide bonds. The van der Waals surface area contributed by atoms with Gasteiger partial charge in [0.05, 0.1) is 0 Å². The number of carbonyl (C=O) groups is 1. The van der Waals surface area contributed by atoms with Gasteiger partial charge in [0.1, 0.15) is 0 Å². The van der Waals surface area contributed by atoms with Crippen LogP contribution < -0.4 is 0 Å². The highest BCUT2D eigenvalue weighted by Gasteiger charge is 2.34. The maximum atomic E-state index is 12.2. The van der Waals surface area contributed by atoms with E-state index in [4.69, 9.17) is 5.11 Å². The smallest absolute Gasteiger partial charge is 0.412 e. The highest BCUT2D eigenvalue weighted by atomic mass is 19.4. The van der Waals surface area contributed by atoms with E-state index in [0.717, 1.165) is 12.2 Å². The first-order valence-electron chi connectivity index (χ1n) is 4.31. The molecule has 3 nitrogen and oxygen atoms in total. The molecule has 0 spiro atoms. The number of nitrogens with zero attached hydrogens (tertiary/aromatic N) is 1. The van der Waals surface area contributed by atoms with Gasteiger partial charge in [-0.25, -0.2) is 4.79 Å². The van der Waals surface area contributed by atoms with Crippen molar-refractivity contribution in [2.45, 2.75) is 12.6 Å². The van der Waals surface area contributed by atoms with Crippen LogP contribution in [0.2, 0.25) is 0 Å². The average molecular weight is 221 g/mol. The topological polar surface area (TPSA) is 40.5 Å². The molecule has 0 unspecified atom stereocenters. The van der Waals surface area contributed by atoms with Crippen LogP contribution in [0.25, 0.3) is 0 Å². The average Bonchev–Trinajstić information content (AvgIpc) is 2.14. The quantitative estimate of drug-likeness (QED) is 0.570. The van der Waals surface area contributed by atoms with E-state index in [1.54, 1.807) is 0 Å². The molecule has 84 valence electrons. The minimum atomic E-state index is -4.26. The van der Waals surface area contributed by atoms with Crippen molar-refractivity contribution in [2.75, 3.05) is 13.1 Å². The standard InChI is InChI=1S/C9H10F3NO2/c10-9(11,12)7-1-4-13(5-2-7)6-3-8(14)15/h1,3,6H,2,4-5H2,(H,14,15)/b6-3+. The van der Waals surface area contributed by atoms with Gasteiger partial charge in [0.15, 0.2) is 0 Å². The Morgan fingerprint density at radius 1 is 1.53 bits per heavy atom. The van der Waals surface area contributed by atoms with Crippen molar-refractivity contribution in [3.63, 3.8) is 0 Å². The molecule has 0 saturated heterocycles. The van der Waals surface area contributed by atoms with Crippen LogP contribution in [-0.4, -0.2) is 35.2 Å². The molecule has 0 aliphatic carbocycles. The number of hydrogen-bond acceptors (Lipinski definition) is 2. The second-order valence-electron chi connectivity index (χ2n) is 3.13. The van der Waals surface area contributed by atoms with Crippen molar-refractivity contribution in [2.24, 2.45) is 0 Å². The summed E-state index contributed by atoms with van der Waals surface area (Å²) in [5.74, 6) is -1.11. The van der Waals surface area contributed by atoms with Gasteiger partial charge in [0.25, 0.3) is 0 Å². The van der Waals surface area contributed by atoms with E-state index < -0.39 is 17.7 Å². The zero-order valence-electron chi connectivity index (χ0n) is 7.79. The van der Waals surface area contributed by atoms with E-state index in [1.165, 1.54) is 11.1 Å². The molecule has 0 aromatic heterocycles. The summed E-state index contributed by atoms with van der Waals surface area (Å²) < 4.78 is 36.6. The van der Waals surface area contributed by atoms with Gasteiger partial charge in [-0.3, -0.25) is 0 Å². The SMILES string of the molecule is O=C(O)/C=C/N1CC=C(C(F)(F)F)CC1. The number of carboxylic acids is 1. The highest BCUT2D eigenvalue weighted by molar-refractivity contribution is 5.79. The molecule has 15 heavy (non-hydrogen) atoms.